The van der Waals surface area contributed by atoms with Gasteiger partial charge in [0.15, 0.2) is 5.82 Å². The molecule has 0 spiro atoms. The second kappa shape index (κ2) is 4.88. The van der Waals surface area contributed by atoms with Gasteiger partial charge in [-0.25, -0.2) is 9.97 Å². The van der Waals surface area contributed by atoms with Crippen LogP contribution in [0.3, 0.4) is 0 Å². The Kier molecular flexibility index (Phi) is 3.66. The van der Waals surface area contributed by atoms with Gasteiger partial charge in [0, 0.05) is 17.0 Å². The Morgan fingerprint density at radius 2 is 1.41 bits per heavy atom. The van der Waals surface area contributed by atoms with Crippen LogP contribution in [-0.2, 0) is 0 Å². The van der Waals surface area contributed by atoms with Crippen molar-refractivity contribution in [1.29, 1.82) is 0 Å². The molecule has 0 unspecified atom stereocenters. The van der Waals surface area contributed by atoms with Gasteiger partial charge in [0.25, 0.3) is 0 Å². The predicted molar refractivity (Wildman–Crippen MR) is 72.5 cm³/mol. The molecular weight excluding hydrogens is 325 g/mol. The highest BCUT2D eigenvalue weighted by atomic mass is 79.9. The average molecular weight is 333 g/mol. The highest BCUT2D eigenvalue weighted by Crippen LogP contribution is 2.30. The number of halogens is 3. The first-order valence-corrected chi connectivity index (χ1v) is 6.36. The van der Waals surface area contributed by atoms with Crippen LogP contribution >= 0.6 is 39.1 Å². The summed E-state index contributed by atoms with van der Waals surface area (Å²) in [7, 11) is 0. The smallest absolute Gasteiger partial charge is 0.162 e. The van der Waals surface area contributed by atoms with Gasteiger partial charge in [0.05, 0.1) is 4.47 Å². The fourth-order valence-electron chi connectivity index (χ4n) is 1.49. The van der Waals surface area contributed by atoms with Crippen molar-refractivity contribution in [2.45, 2.75) is 13.8 Å². The van der Waals surface area contributed by atoms with Gasteiger partial charge in [0.1, 0.15) is 10.3 Å². The summed E-state index contributed by atoms with van der Waals surface area (Å²) in [6.45, 7) is 3.83. The number of nitrogens with zero attached hydrogens (tertiary/aromatic N) is 3. The maximum Gasteiger partial charge on any atom is 0.162 e. The summed E-state index contributed by atoms with van der Waals surface area (Å²) >= 11 is 15.1. The lowest BCUT2D eigenvalue weighted by atomic mass is 10.2. The van der Waals surface area contributed by atoms with E-state index < -0.39 is 0 Å². The van der Waals surface area contributed by atoms with E-state index in [0.717, 1.165) is 17.0 Å². The number of hydrogen-bond donors (Lipinski definition) is 0. The van der Waals surface area contributed by atoms with E-state index in [1.54, 1.807) is 0 Å². The Morgan fingerprint density at radius 3 is 1.88 bits per heavy atom. The molecule has 0 radical (unpaired) electrons. The molecule has 2 aromatic rings. The molecule has 0 aliphatic carbocycles. The third kappa shape index (κ3) is 2.76. The van der Waals surface area contributed by atoms with Crippen molar-refractivity contribution in [1.82, 2.24) is 15.0 Å². The summed E-state index contributed by atoms with van der Waals surface area (Å²) in [6.07, 6.45) is 0. The fraction of sp³-hybridized carbons (Fsp3) is 0.182. The minimum absolute atomic E-state index is 0.298. The third-order valence-corrected chi connectivity index (χ3v) is 3.86. The van der Waals surface area contributed by atoms with E-state index in [9.17, 15) is 0 Å². The zero-order chi connectivity index (χ0) is 12.6. The highest BCUT2D eigenvalue weighted by Gasteiger charge is 2.11. The van der Waals surface area contributed by atoms with E-state index in [2.05, 4.69) is 30.9 Å². The first-order valence-electron chi connectivity index (χ1n) is 4.81. The van der Waals surface area contributed by atoms with Crippen molar-refractivity contribution in [2.75, 3.05) is 0 Å². The van der Waals surface area contributed by atoms with Gasteiger partial charge < -0.3 is 0 Å². The molecule has 17 heavy (non-hydrogen) atoms. The van der Waals surface area contributed by atoms with Gasteiger partial charge >= 0.3 is 0 Å². The van der Waals surface area contributed by atoms with Crippen LogP contribution in [0.4, 0.5) is 0 Å². The molecular formula is C11H8BrCl2N3. The molecule has 88 valence electrons. The summed E-state index contributed by atoms with van der Waals surface area (Å²) in [4.78, 5) is 12.7. The fourth-order valence-corrected chi connectivity index (χ4v) is 2.05. The van der Waals surface area contributed by atoms with Crippen molar-refractivity contribution in [3.8, 4) is 11.4 Å². The average Bonchev–Trinajstić information content (AvgIpc) is 2.23. The minimum Gasteiger partial charge on any atom is -0.258 e. The van der Waals surface area contributed by atoms with Crippen molar-refractivity contribution in [3.63, 3.8) is 0 Å². The van der Waals surface area contributed by atoms with Gasteiger partial charge in [-0.05, 0) is 41.9 Å². The van der Waals surface area contributed by atoms with Gasteiger partial charge in [-0.2, -0.15) is 0 Å². The van der Waals surface area contributed by atoms with Crippen LogP contribution in [-0.4, -0.2) is 15.0 Å². The lowest BCUT2D eigenvalue weighted by molar-refractivity contribution is 1.10. The topological polar surface area (TPSA) is 38.7 Å². The van der Waals surface area contributed by atoms with Crippen LogP contribution in [0, 0.1) is 13.8 Å². The first-order chi connectivity index (χ1) is 7.97. The molecule has 0 saturated heterocycles. The van der Waals surface area contributed by atoms with Crippen LogP contribution in [0.1, 0.15) is 11.4 Å². The van der Waals surface area contributed by atoms with E-state index in [1.165, 1.54) is 0 Å². The van der Waals surface area contributed by atoms with Crippen LogP contribution in [0.5, 0.6) is 0 Å². The molecule has 2 heterocycles. The Hall–Kier alpha value is -0.710. The maximum atomic E-state index is 5.95. The second-order valence-electron chi connectivity index (χ2n) is 3.58. The summed E-state index contributed by atoms with van der Waals surface area (Å²) in [6, 6.07) is 3.78. The van der Waals surface area contributed by atoms with Crippen molar-refractivity contribution in [2.24, 2.45) is 0 Å². The SMILES string of the molecule is Cc1cc(-c2nc(Cl)c(Br)c(Cl)n2)cc(C)n1. The van der Waals surface area contributed by atoms with Crippen molar-refractivity contribution < 1.29 is 0 Å². The van der Waals surface area contributed by atoms with Gasteiger partial charge in [0.2, 0.25) is 0 Å². The van der Waals surface area contributed by atoms with E-state index >= 15 is 0 Å². The molecule has 2 rings (SSSR count). The largest absolute Gasteiger partial charge is 0.258 e. The summed E-state index contributed by atoms with van der Waals surface area (Å²) in [5.41, 5.74) is 2.66. The van der Waals surface area contributed by atoms with E-state index in [-0.39, 0.29) is 0 Å². The maximum absolute atomic E-state index is 5.95. The monoisotopic (exact) mass is 331 g/mol. The number of aryl methyl sites for hydroxylation is 2. The Bertz CT molecular complexity index is 544. The molecule has 3 nitrogen and oxygen atoms in total. The molecule has 2 aromatic heterocycles. The Morgan fingerprint density at radius 1 is 0.941 bits per heavy atom. The molecule has 0 aromatic carbocycles. The number of hydrogen-bond acceptors (Lipinski definition) is 3. The zero-order valence-electron chi connectivity index (χ0n) is 9.13. The van der Waals surface area contributed by atoms with Crippen LogP contribution < -0.4 is 0 Å². The molecule has 6 heteroatoms. The summed E-state index contributed by atoms with van der Waals surface area (Å²) in [5, 5.41) is 0.597. The number of pyridine rings is 1. The van der Waals surface area contributed by atoms with Gasteiger partial charge in [-0.1, -0.05) is 23.2 Å². The second-order valence-corrected chi connectivity index (χ2v) is 5.09. The van der Waals surface area contributed by atoms with E-state index in [4.69, 9.17) is 23.2 Å². The Labute approximate surface area is 117 Å². The zero-order valence-corrected chi connectivity index (χ0v) is 12.2. The van der Waals surface area contributed by atoms with Gasteiger partial charge in [-0.3, -0.25) is 4.98 Å². The van der Waals surface area contributed by atoms with Crippen LogP contribution in [0.2, 0.25) is 10.3 Å². The molecule has 0 saturated carbocycles. The molecule has 0 fully saturated rings. The van der Waals surface area contributed by atoms with E-state index in [1.807, 2.05) is 26.0 Å². The van der Waals surface area contributed by atoms with Crippen LogP contribution in [0.25, 0.3) is 11.4 Å². The molecule has 0 N–H and O–H groups in total. The standard InChI is InChI=1S/C11H8BrCl2N3/c1-5-3-7(4-6(2)15-5)11-16-9(13)8(12)10(14)17-11/h3-4H,1-2H3. The molecule has 0 amide bonds. The predicted octanol–water partition coefficient (Wildman–Crippen LogP) is 4.22. The summed E-state index contributed by atoms with van der Waals surface area (Å²) in [5.74, 6) is 0.497. The number of aromatic nitrogens is 3. The van der Waals surface area contributed by atoms with Crippen LogP contribution in [0.15, 0.2) is 16.6 Å². The van der Waals surface area contributed by atoms with Crippen molar-refractivity contribution in [3.05, 3.63) is 38.3 Å². The molecule has 0 bridgehead atoms. The minimum atomic E-state index is 0.298. The third-order valence-electron chi connectivity index (χ3n) is 2.11. The van der Waals surface area contributed by atoms with E-state index in [0.29, 0.717) is 20.6 Å². The molecule has 0 atom stereocenters. The molecule has 0 aliphatic heterocycles. The highest BCUT2D eigenvalue weighted by molar-refractivity contribution is 9.10. The summed E-state index contributed by atoms with van der Waals surface area (Å²) < 4.78 is 0.507. The molecule has 0 aliphatic rings. The number of rotatable bonds is 1. The van der Waals surface area contributed by atoms with Crippen molar-refractivity contribution >= 4 is 39.1 Å². The normalized spacial score (nSPS) is 10.6. The first kappa shape index (κ1) is 12.7. The Balaban J connectivity index is 2.60. The lowest BCUT2D eigenvalue weighted by Crippen LogP contribution is -1.94. The van der Waals surface area contributed by atoms with Gasteiger partial charge in [-0.15, -0.1) is 0 Å². The lowest BCUT2D eigenvalue weighted by Gasteiger charge is -2.05. The quantitative estimate of drug-likeness (QED) is 0.734.